The number of anilines is 2. The van der Waals surface area contributed by atoms with E-state index in [1.165, 1.54) is 0 Å². The first-order valence-corrected chi connectivity index (χ1v) is 10.8. The minimum atomic E-state index is -0.482. The number of para-hydroxylation sites is 1. The Hall–Kier alpha value is -3.44. The third kappa shape index (κ3) is 5.62. The molecule has 0 heterocycles. The predicted octanol–water partition coefficient (Wildman–Crippen LogP) is 5.18. The molecule has 5 heteroatoms. The molecule has 0 aliphatic rings. The smallest absolute Gasteiger partial charge is 0.241 e. The summed E-state index contributed by atoms with van der Waals surface area (Å²) in [6, 6.07) is 21.3. The summed E-state index contributed by atoms with van der Waals surface area (Å²) in [7, 11) is 1.78. The molecular weight excluding hydrogens is 398 g/mol. The number of benzene rings is 3. The first-order chi connectivity index (χ1) is 15.3. The number of carbonyl (C=O) groups excluding carboxylic acids is 2. The second-order valence-electron chi connectivity index (χ2n) is 8.31. The molecule has 1 atom stereocenters. The van der Waals surface area contributed by atoms with E-state index >= 15 is 0 Å². The molecule has 2 N–H and O–H groups in total. The van der Waals surface area contributed by atoms with Crippen LogP contribution in [0.5, 0.6) is 0 Å². The van der Waals surface area contributed by atoms with Crippen molar-refractivity contribution in [2.24, 2.45) is 0 Å². The highest BCUT2D eigenvalue weighted by Crippen LogP contribution is 2.28. The van der Waals surface area contributed by atoms with Gasteiger partial charge in [-0.25, -0.2) is 0 Å². The number of nitrogens with one attached hydrogen (secondary N) is 2. The Morgan fingerprint density at radius 2 is 1.47 bits per heavy atom. The van der Waals surface area contributed by atoms with E-state index in [9.17, 15) is 9.59 Å². The van der Waals surface area contributed by atoms with Gasteiger partial charge in [0, 0.05) is 16.9 Å². The second kappa shape index (κ2) is 10.2. The average Bonchev–Trinajstić information content (AvgIpc) is 2.76. The van der Waals surface area contributed by atoms with E-state index in [1.807, 2.05) is 87.5 Å². The van der Waals surface area contributed by atoms with Crippen molar-refractivity contribution < 1.29 is 9.59 Å². The summed E-state index contributed by atoms with van der Waals surface area (Å²) in [5.74, 6) is -0.307. The van der Waals surface area contributed by atoms with Crippen LogP contribution in [0.3, 0.4) is 0 Å². The van der Waals surface area contributed by atoms with E-state index in [0.29, 0.717) is 0 Å². The molecule has 32 heavy (non-hydrogen) atoms. The number of amides is 2. The predicted molar refractivity (Wildman–Crippen MR) is 132 cm³/mol. The van der Waals surface area contributed by atoms with Gasteiger partial charge in [-0.15, -0.1) is 0 Å². The van der Waals surface area contributed by atoms with Crippen LogP contribution in [0, 0.1) is 20.8 Å². The average molecular weight is 430 g/mol. The zero-order valence-electron chi connectivity index (χ0n) is 19.4. The minimum absolute atomic E-state index is 0.113. The second-order valence-corrected chi connectivity index (χ2v) is 8.31. The Bertz CT molecular complexity index is 1090. The number of rotatable bonds is 7. The molecule has 0 spiro atoms. The number of hydrogen-bond acceptors (Lipinski definition) is 3. The summed E-state index contributed by atoms with van der Waals surface area (Å²) in [6.07, 6.45) is 0. The molecule has 5 nitrogen and oxygen atoms in total. The SMILES string of the molecule is Cc1cc(C)c(NC(=O)CN(C)[C@@H](C)C(=O)Nc2ccccc2-c2ccccc2)c(C)c1. The van der Waals surface area contributed by atoms with Crippen LogP contribution in [0.4, 0.5) is 11.4 Å². The van der Waals surface area contributed by atoms with Crippen molar-refractivity contribution in [3.8, 4) is 11.1 Å². The molecule has 0 saturated heterocycles. The van der Waals surface area contributed by atoms with Crippen LogP contribution in [0.2, 0.25) is 0 Å². The van der Waals surface area contributed by atoms with Gasteiger partial charge in [-0.05, 0) is 57.5 Å². The fourth-order valence-corrected chi connectivity index (χ4v) is 3.82. The zero-order valence-corrected chi connectivity index (χ0v) is 19.4. The van der Waals surface area contributed by atoms with Crippen LogP contribution in [0.25, 0.3) is 11.1 Å². The van der Waals surface area contributed by atoms with Gasteiger partial charge in [-0.2, -0.15) is 0 Å². The summed E-state index contributed by atoms with van der Waals surface area (Å²) in [6.45, 7) is 7.92. The molecule has 166 valence electrons. The lowest BCUT2D eigenvalue weighted by atomic mass is 10.0. The van der Waals surface area contributed by atoms with Gasteiger partial charge >= 0.3 is 0 Å². The fraction of sp³-hybridized carbons (Fsp3) is 0.259. The molecule has 0 fully saturated rings. The number of aryl methyl sites for hydroxylation is 3. The summed E-state index contributed by atoms with van der Waals surface area (Å²) >= 11 is 0. The lowest BCUT2D eigenvalue weighted by Crippen LogP contribution is -2.43. The van der Waals surface area contributed by atoms with E-state index in [-0.39, 0.29) is 18.4 Å². The lowest BCUT2D eigenvalue weighted by Gasteiger charge is -2.24. The van der Waals surface area contributed by atoms with Crippen molar-refractivity contribution in [3.05, 3.63) is 83.4 Å². The quantitative estimate of drug-likeness (QED) is 0.544. The number of likely N-dealkylation sites (N-methyl/N-ethyl adjacent to an activating group) is 1. The third-order valence-electron chi connectivity index (χ3n) is 5.64. The molecule has 0 aliphatic heterocycles. The van der Waals surface area contributed by atoms with Crippen molar-refractivity contribution in [2.45, 2.75) is 33.7 Å². The molecular formula is C27H31N3O2. The summed E-state index contributed by atoms with van der Waals surface area (Å²) in [5.41, 5.74) is 6.80. The van der Waals surface area contributed by atoms with Crippen LogP contribution in [0.15, 0.2) is 66.7 Å². The monoisotopic (exact) mass is 429 g/mol. The molecule has 0 aromatic heterocycles. The molecule has 3 aromatic carbocycles. The van der Waals surface area contributed by atoms with Gasteiger partial charge in [0.2, 0.25) is 11.8 Å². The van der Waals surface area contributed by atoms with Gasteiger partial charge in [0.05, 0.1) is 12.6 Å². The summed E-state index contributed by atoms with van der Waals surface area (Å²) in [4.78, 5) is 27.3. The minimum Gasteiger partial charge on any atom is -0.324 e. The standard InChI is InChI=1S/C27H31N3O2/c1-18-15-19(2)26(20(3)16-18)29-25(31)17-30(5)21(4)27(32)28-24-14-10-9-13-23(24)22-11-7-6-8-12-22/h6-16,21H,17H2,1-5H3,(H,28,32)(H,29,31)/t21-/m0/s1. The Labute approximate surface area is 190 Å². The molecule has 3 rings (SSSR count). The molecule has 3 aromatic rings. The summed E-state index contributed by atoms with van der Waals surface area (Å²) < 4.78 is 0. The molecule has 0 bridgehead atoms. The number of nitrogens with zero attached hydrogens (tertiary/aromatic N) is 1. The molecule has 0 unspecified atom stereocenters. The maximum atomic E-state index is 12.9. The maximum Gasteiger partial charge on any atom is 0.241 e. The highest BCUT2D eigenvalue weighted by Gasteiger charge is 2.21. The van der Waals surface area contributed by atoms with E-state index in [4.69, 9.17) is 0 Å². The third-order valence-corrected chi connectivity index (χ3v) is 5.64. The molecule has 0 saturated carbocycles. The first-order valence-electron chi connectivity index (χ1n) is 10.8. The topological polar surface area (TPSA) is 61.4 Å². The number of carbonyl (C=O) groups is 2. The van der Waals surface area contributed by atoms with E-state index in [1.54, 1.807) is 18.9 Å². The van der Waals surface area contributed by atoms with E-state index in [2.05, 4.69) is 10.6 Å². The van der Waals surface area contributed by atoms with Crippen LogP contribution in [-0.4, -0.2) is 36.3 Å². The van der Waals surface area contributed by atoms with Crippen LogP contribution < -0.4 is 10.6 Å². The summed E-state index contributed by atoms with van der Waals surface area (Å²) in [5, 5.41) is 6.02. The van der Waals surface area contributed by atoms with E-state index < -0.39 is 6.04 Å². The molecule has 2 amide bonds. The Morgan fingerprint density at radius 1 is 0.875 bits per heavy atom. The lowest BCUT2D eigenvalue weighted by molar-refractivity contribution is -0.122. The highest BCUT2D eigenvalue weighted by atomic mass is 16.2. The van der Waals surface area contributed by atoms with Gasteiger partial charge in [-0.1, -0.05) is 66.2 Å². The van der Waals surface area contributed by atoms with E-state index in [0.717, 1.165) is 39.2 Å². The first kappa shape index (κ1) is 23.2. The molecule has 0 radical (unpaired) electrons. The van der Waals surface area contributed by atoms with Crippen LogP contribution in [0.1, 0.15) is 23.6 Å². The Morgan fingerprint density at radius 3 is 2.12 bits per heavy atom. The van der Waals surface area contributed by atoms with Crippen LogP contribution in [-0.2, 0) is 9.59 Å². The van der Waals surface area contributed by atoms with Gasteiger partial charge in [0.25, 0.3) is 0 Å². The maximum absolute atomic E-state index is 12.9. The van der Waals surface area contributed by atoms with Gasteiger partial charge < -0.3 is 10.6 Å². The van der Waals surface area contributed by atoms with Gasteiger partial charge in [-0.3, -0.25) is 14.5 Å². The van der Waals surface area contributed by atoms with Gasteiger partial charge in [0.15, 0.2) is 0 Å². The van der Waals surface area contributed by atoms with Crippen molar-refractivity contribution in [1.29, 1.82) is 0 Å². The largest absolute Gasteiger partial charge is 0.324 e. The van der Waals surface area contributed by atoms with Crippen molar-refractivity contribution in [3.63, 3.8) is 0 Å². The highest BCUT2D eigenvalue weighted by molar-refractivity contribution is 5.99. The Balaban J connectivity index is 1.65. The normalized spacial score (nSPS) is 11.8. The zero-order chi connectivity index (χ0) is 23.3. The Kier molecular flexibility index (Phi) is 7.44. The van der Waals surface area contributed by atoms with Crippen molar-refractivity contribution >= 4 is 23.2 Å². The van der Waals surface area contributed by atoms with Crippen molar-refractivity contribution in [2.75, 3.05) is 24.2 Å². The number of hydrogen-bond donors (Lipinski definition) is 2. The van der Waals surface area contributed by atoms with Crippen LogP contribution >= 0.6 is 0 Å². The van der Waals surface area contributed by atoms with Gasteiger partial charge in [0.1, 0.15) is 0 Å². The molecule has 0 aliphatic carbocycles. The fourth-order valence-electron chi connectivity index (χ4n) is 3.82. The van der Waals surface area contributed by atoms with Crippen molar-refractivity contribution in [1.82, 2.24) is 4.90 Å².